The summed E-state index contributed by atoms with van der Waals surface area (Å²) in [6.07, 6.45) is 4.66. The normalized spacial score (nSPS) is 18.0. The minimum Gasteiger partial charge on any atom is -0.481 e. The average Bonchev–Trinajstić information content (AvgIpc) is 2.53. The number of ether oxygens (including phenoxy) is 1. The summed E-state index contributed by atoms with van der Waals surface area (Å²) < 4.78 is 5.30. The highest BCUT2D eigenvalue weighted by molar-refractivity contribution is 7.80. The SMILES string of the molecule is CCCNC(=S)Nc1nc(OC)cc(N2CCCC[C@@H]2C)n1. The first-order chi connectivity index (χ1) is 10.6. The summed E-state index contributed by atoms with van der Waals surface area (Å²) in [7, 11) is 1.61. The van der Waals surface area contributed by atoms with E-state index in [1.165, 1.54) is 19.3 Å². The molecule has 0 unspecified atom stereocenters. The van der Waals surface area contributed by atoms with Crippen molar-refractivity contribution in [2.45, 2.75) is 45.6 Å². The minimum atomic E-state index is 0.473. The zero-order valence-electron chi connectivity index (χ0n) is 13.6. The second kappa shape index (κ2) is 8.12. The zero-order chi connectivity index (χ0) is 15.9. The zero-order valence-corrected chi connectivity index (χ0v) is 14.4. The van der Waals surface area contributed by atoms with Crippen molar-refractivity contribution < 1.29 is 4.74 Å². The fourth-order valence-electron chi connectivity index (χ4n) is 2.54. The minimum absolute atomic E-state index is 0.473. The van der Waals surface area contributed by atoms with Crippen molar-refractivity contribution in [3.63, 3.8) is 0 Å². The molecule has 0 saturated carbocycles. The van der Waals surface area contributed by atoms with Crippen LogP contribution in [0.1, 0.15) is 39.5 Å². The van der Waals surface area contributed by atoms with Crippen molar-refractivity contribution in [3.8, 4) is 5.88 Å². The van der Waals surface area contributed by atoms with Crippen LogP contribution in [0.3, 0.4) is 0 Å². The number of anilines is 2. The molecule has 0 radical (unpaired) electrons. The average molecular weight is 323 g/mol. The van der Waals surface area contributed by atoms with Gasteiger partial charge in [-0.25, -0.2) is 0 Å². The molecule has 1 fully saturated rings. The molecule has 2 heterocycles. The summed E-state index contributed by atoms with van der Waals surface area (Å²) in [5.41, 5.74) is 0. The Kier molecular flexibility index (Phi) is 6.18. The molecule has 22 heavy (non-hydrogen) atoms. The molecule has 0 aliphatic carbocycles. The van der Waals surface area contributed by atoms with E-state index in [1.54, 1.807) is 7.11 Å². The van der Waals surface area contributed by atoms with Crippen molar-refractivity contribution in [2.24, 2.45) is 0 Å². The summed E-state index contributed by atoms with van der Waals surface area (Å²) in [4.78, 5) is 11.2. The summed E-state index contributed by atoms with van der Waals surface area (Å²) >= 11 is 5.25. The van der Waals surface area contributed by atoms with Crippen molar-refractivity contribution in [1.82, 2.24) is 15.3 Å². The van der Waals surface area contributed by atoms with E-state index < -0.39 is 0 Å². The third-order valence-electron chi connectivity index (χ3n) is 3.76. The molecule has 2 N–H and O–H groups in total. The third-order valence-corrected chi connectivity index (χ3v) is 4.00. The fraction of sp³-hybridized carbons (Fsp3) is 0.667. The highest BCUT2D eigenvalue weighted by Crippen LogP contribution is 2.26. The van der Waals surface area contributed by atoms with Crippen LogP contribution in [0.5, 0.6) is 5.88 Å². The summed E-state index contributed by atoms with van der Waals surface area (Å²) in [6, 6.07) is 2.36. The molecule has 0 amide bonds. The topological polar surface area (TPSA) is 62.3 Å². The Morgan fingerprint density at radius 1 is 1.45 bits per heavy atom. The molecule has 1 atom stereocenters. The highest BCUT2D eigenvalue weighted by Gasteiger charge is 2.21. The first-order valence-electron chi connectivity index (χ1n) is 7.88. The number of nitrogens with one attached hydrogen (secondary N) is 2. The second-order valence-corrected chi connectivity index (χ2v) is 5.92. The molecule has 1 aliphatic heterocycles. The maximum Gasteiger partial charge on any atom is 0.234 e. The molecular formula is C15H25N5OS. The van der Waals surface area contributed by atoms with Crippen LogP contribution in [0.15, 0.2) is 6.07 Å². The number of thiocarbonyl (C=S) groups is 1. The Balaban J connectivity index is 2.16. The van der Waals surface area contributed by atoms with Crippen LogP contribution in [0.4, 0.5) is 11.8 Å². The van der Waals surface area contributed by atoms with Gasteiger partial charge >= 0.3 is 0 Å². The van der Waals surface area contributed by atoms with Crippen LogP contribution in [0.25, 0.3) is 0 Å². The van der Waals surface area contributed by atoms with Crippen LogP contribution in [0.2, 0.25) is 0 Å². The third kappa shape index (κ3) is 4.43. The van der Waals surface area contributed by atoms with Gasteiger partial charge in [0.2, 0.25) is 11.8 Å². The molecule has 0 spiro atoms. The van der Waals surface area contributed by atoms with E-state index in [-0.39, 0.29) is 0 Å². The standard InChI is InChI=1S/C15H25N5OS/c1-4-8-16-15(22)19-14-17-12(10-13(18-14)21-3)20-9-6-5-7-11(20)2/h10-11H,4-9H2,1-3H3,(H2,16,17,18,19,22)/t11-/m0/s1. The van der Waals surface area contributed by atoms with Gasteiger partial charge in [-0.2, -0.15) is 9.97 Å². The maximum absolute atomic E-state index is 5.30. The number of aromatic nitrogens is 2. The molecule has 1 aliphatic rings. The van der Waals surface area contributed by atoms with Gasteiger partial charge in [-0.05, 0) is 44.8 Å². The second-order valence-electron chi connectivity index (χ2n) is 5.51. The smallest absolute Gasteiger partial charge is 0.234 e. The molecular weight excluding hydrogens is 298 g/mol. The Morgan fingerprint density at radius 3 is 2.95 bits per heavy atom. The van der Waals surface area contributed by atoms with Gasteiger partial charge < -0.3 is 20.3 Å². The summed E-state index contributed by atoms with van der Waals surface area (Å²) in [6.45, 7) is 6.16. The van der Waals surface area contributed by atoms with Crippen LogP contribution in [-0.4, -0.2) is 41.3 Å². The van der Waals surface area contributed by atoms with E-state index in [1.807, 2.05) is 6.07 Å². The molecule has 1 saturated heterocycles. The first kappa shape index (κ1) is 16.7. The van der Waals surface area contributed by atoms with Gasteiger partial charge in [0, 0.05) is 25.2 Å². The molecule has 1 aromatic heterocycles. The van der Waals surface area contributed by atoms with E-state index >= 15 is 0 Å². The lowest BCUT2D eigenvalue weighted by Gasteiger charge is -2.34. The summed E-state index contributed by atoms with van der Waals surface area (Å²) in [5.74, 6) is 1.91. The lowest BCUT2D eigenvalue weighted by molar-refractivity contribution is 0.396. The van der Waals surface area contributed by atoms with Gasteiger partial charge in [-0.15, -0.1) is 0 Å². The van der Waals surface area contributed by atoms with Crippen LogP contribution in [0, 0.1) is 0 Å². The van der Waals surface area contributed by atoms with Gasteiger partial charge in [0.05, 0.1) is 7.11 Å². The van der Waals surface area contributed by atoms with Crippen molar-refractivity contribution in [3.05, 3.63) is 6.07 Å². The fourth-order valence-corrected chi connectivity index (χ4v) is 2.74. The Hall–Kier alpha value is -1.63. The van der Waals surface area contributed by atoms with Crippen molar-refractivity contribution in [2.75, 3.05) is 30.4 Å². The van der Waals surface area contributed by atoms with Gasteiger partial charge in [0.25, 0.3) is 0 Å². The van der Waals surface area contributed by atoms with Crippen LogP contribution in [-0.2, 0) is 0 Å². The van der Waals surface area contributed by atoms with Gasteiger partial charge in [0.15, 0.2) is 5.11 Å². The highest BCUT2D eigenvalue weighted by atomic mass is 32.1. The summed E-state index contributed by atoms with van der Waals surface area (Å²) in [5, 5.41) is 6.68. The van der Waals surface area contributed by atoms with E-state index in [0.717, 1.165) is 25.3 Å². The van der Waals surface area contributed by atoms with E-state index in [4.69, 9.17) is 17.0 Å². The number of hydrogen-bond acceptors (Lipinski definition) is 5. The molecule has 6 nitrogen and oxygen atoms in total. The lowest BCUT2D eigenvalue weighted by Crippen LogP contribution is -2.38. The molecule has 1 aromatic rings. The van der Waals surface area contributed by atoms with Gasteiger partial charge in [0.1, 0.15) is 5.82 Å². The number of rotatable bonds is 5. The van der Waals surface area contributed by atoms with Crippen LogP contribution >= 0.6 is 12.2 Å². The number of methoxy groups -OCH3 is 1. The number of piperidine rings is 1. The first-order valence-corrected chi connectivity index (χ1v) is 8.29. The van der Waals surface area contributed by atoms with Crippen molar-refractivity contribution in [1.29, 1.82) is 0 Å². The molecule has 0 bridgehead atoms. The van der Waals surface area contributed by atoms with Crippen molar-refractivity contribution >= 4 is 29.1 Å². The maximum atomic E-state index is 5.30. The Bertz CT molecular complexity index is 511. The quantitative estimate of drug-likeness (QED) is 0.807. The predicted molar refractivity (Wildman–Crippen MR) is 93.8 cm³/mol. The molecule has 7 heteroatoms. The van der Waals surface area contributed by atoms with E-state index in [2.05, 4.69) is 39.3 Å². The van der Waals surface area contributed by atoms with E-state index in [0.29, 0.717) is 23.0 Å². The number of nitrogens with zero attached hydrogens (tertiary/aromatic N) is 3. The predicted octanol–water partition coefficient (Wildman–Crippen LogP) is 2.56. The monoisotopic (exact) mass is 323 g/mol. The van der Waals surface area contributed by atoms with Gasteiger partial charge in [-0.3, -0.25) is 0 Å². The Morgan fingerprint density at radius 2 is 2.27 bits per heavy atom. The molecule has 2 rings (SSSR count). The van der Waals surface area contributed by atoms with Crippen LogP contribution < -0.4 is 20.3 Å². The largest absolute Gasteiger partial charge is 0.481 e. The number of hydrogen-bond donors (Lipinski definition) is 2. The van der Waals surface area contributed by atoms with E-state index in [9.17, 15) is 0 Å². The molecule has 122 valence electrons. The molecule has 0 aromatic carbocycles. The Labute approximate surface area is 137 Å². The lowest BCUT2D eigenvalue weighted by atomic mass is 10.0. The van der Waals surface area contributed by atoms with Gasteiger partial charge in [-0.1, -0.05) is 6.92 Å².